The lowest BCUT2D eigenvalue weighted by atomic mass is 9.87. The maximum absolute atomic E-state index is 13.4. The Morgan fingerprint density at radius 1 is 0.850 bits per heavy atom. The highest BCUT2D eigenvalue weighted by molar-refractivity contribution is 7.89. The van der Waals surface area contributed by atoms with Crippen LogP contribution in [0.4, 0.5) is 5.82 Å². The van der Waals surface area contributed by atoms with Crippen molar-refractivity contribution in [1.29, 1.82) is 0 Å². The van der Waals surface area contributed by atoms with Gasteiger partial charge < -0.3 is 5.32 Å². The Bertz CT molecular complexity index is 1540. The van der Waals surface area contributed by atoms with Crippen LogP contribution in [0.3, 0.4) is 0 Å². The van der Waals surface area contributed by atoms with Crippen molar-refractivity contribution < 1.29 is 8.42 Å². The molecular weight excluding hydrogens is 518 g/mol. The second kappa shape index (κ2) is 11.6. The molecule has 1 atom stereocenters. The summed E-state index contributed by atoms with van der Waals surface area (Å²) in [6.45, 7) is 11.4. The summed E-state index contributed by atoms with van der Waals surface area (Å²) in [7, 11) is -3.54. The molecule has 1 aromatic heterocycles. The number of sulfonamides is 1. The highest BCUT2D eigenvalue weighted by Crippen LogP contribution is 2.28. The minimum atomic E-state index is -3.54. The first-order valence-corrected chi connectivity index (χ1v) is 15.5. The molecule has 210 valence electrons. The lowest BCUT2D eigenvalue weighted by Gasteiger charge is -2.37. The number of nitrogens with one attached hydrogen (secondary N) is 1. The lowest BCUT2D eigenvalue weighted by molar-refractivity contribution is 0.141. The van der Waals surface area contributed by atoms with Crippen LogP contribution in [0.15, 0.2) is 83.8 Å². The molecule has 0 spiro atoms. The minimum Gasteiger partial charge on any atom is -0.369 e. The summed E-state index contributed by atoms with van der Waals surface area (Å²) in [6.07, 6.45) is 0.902. The number of rotatable bonds is 8. The van der Waals surface area contributed by atoms with E-state index in [1.807, 2.05) is 42.5 Å². The van der Waals surface area contributed by atoms with Gasteiger partial charge in [-0.25, -0.2) is 18.4 Å². The van der Waals surface area contributed by atoms with E-state index in [9.17, 15) is 8.42 Å². The first-order valence-electron chi connectivity index (χ1n) is 14.0. The average molecular weight is 558 g/mol. The molecule has 1 N–H and O–H groups in total. The van der Waals surface area contributed by atoms with Crippen molar-refractivity contribution in [3.8, 4) is 0 Å². The molecule has 0 radical (unpaired) electrons. The molecule has 8 heteroatoms. The quantitative estimate of drug-likeness (QED) is 0.302. The largest absolute Gasteiger partial charge is 0.369 e. The van der Waals surface area contributed by atoms with Crippen LogP contribution >= 0.6 is 0 Å². The van der Waals surface area contributed by atoms with Crippen LogP contribution in [0.2, 0.25) is 0 Å². The molecule has 0 saturated carbocycles. The second-order valence-electron chi connectivity index (χ2n) is 11.5. The minimum absolute atomic E-state index is 0.0217. The predicted molar refractivity (Wildman–Crippen MR) is 162 cm³/mol. The molecule has 40 heavy (non-hydrogen) atoms. The highest BCUT2D eigenvalue weighted by Gasteiger charge is 2.31. The third kappa shape index (κ3) is 6.19. The fraction of sp³-hybridized carbons (Fsp3) is 0.375. The predicted octanol–water partition coefficient (Wildman–Crippen LogP) is 5.65. The monoisotopic (exact) mass is 557 g/mol. The van der Waals surface area contributed by atoms with Crippen molar-refractivity contribution in [3.05, 3.63) is 95.8 Å². The molecule has 1 saturated heterocycles. The van der Waals surface area contributed by atoms with Gasteiger partial charge in [0, 0.05) is 38.1 Å². The number of piperazine rings is 1. The van der Waals surface area contributed by atoms with Crippen LogP contribution in [0, 0.1) is 0 Å². The van der Waals surface area contributed by atoms with Crippen molar-refractivity contribution in [2.24, 2.45) is 0 Å². The highest BCUT2D eigenvalue weighted by atomic mass is 32.2. The van der Waals surface area contributed by atoms with E-state index in [-0.39, 0.29) is 11.5 Å². The van der Waals surface area contributed by atoms with E-state index in [1.165, 1.54) is 5.56 Å². The van der Waals surface area contributed by atoms with Crippen molar-refractivity contribution >= 4 is 26.7 Å². The van der Waals surface area contributed by atoms with Gasteiger partial charge in [0.1, 0.15) is 11.6 Å². The zero-order valence-corrected chi connectivity index (χ0v) is 24.7. The Labute approximate surface area is 238 Å². The van der Waals surface area contributed by atoms with Gasteiger partial charge in [-0.05, 0) is 54.2 Å². The molecule has 0 aliphatic carbocycles. The summed E-state index contributed by atoms with van der Waals surface area (Å²) in [5.41, 5.74) is 3.28. The summed E-state index contributed by atoms with van der Waals surface area (Å²) < 4.78 is 28.3. The zero-order chi connectivity index (χ0) is 28.3. The van der Waals surface area contributed by atoms with Gasteiger partial charge in [0.2, 0.25) is 10.0 Å². The lowest BCUT2D eigenvalue weighted by Crippen LogP contribution is -2.49. The maximum atomic E-state index is 13.4. The van der Waals surface area contributed by atoms with Gasteiger partial charge in [-0.2, -0.15) is 4.31 Å². The van der Waals surface area contributed by atoms with Gasteiger partial charge >= 0.3 is 0 Å². The topological polar surface area (TPSA) is 78.4 Å². The van der Waals surface area contributed by atoms with Crippen molar-refractivity contribution in [2.75, 3.05) is 38.0 Å². The van der Waals surface area contributed by atoms with Gasteiger partial charge in [0.05, 0.1) is 16.5 Å². The number of hydrogen-bond donors (Lipinski definition) is 1. The SMILES string of the molecule is C[C@@H](c1nc(NCCc2ccccc2)c2ccccc2n1)N1CCN(S(=O)(=O)c2ccc(C(C)(C)C)cc2)CC1. The number of aromatic nitrogens is 2. The average Bonchev–Trinajstić information content (AvgIpc) is 2.97. The summed E-state index contributed by atoms with van der Waals surface area (Å²) in [6, 6.07) is 25.8. The number of hydrogen-bond acceptors (Lipinski definition) is 6. The van der Waals surface area contributed by atoms with Crippen LogP contribution in [0.5, 0.6) is 0 Å². The first kappa shape index (κ1) is 28.2. The standard InChI is InChI=1S/C32H39N5O2S/c1-24(36-20-22-37(23-21-36)40(38,39)27-16-14-26(15-17-27)32(2,3)4)30-34-29-13-9-8-12-28(29)31(35-30)33-19-18-25-10-6-5-7-11-25/h5-17,24H,18-23H2,1-4H3,(H,33,34,35)/t24-/m0/s1. The molecule has 1 aliphatic rings. The van der Waals surface area contributed by atoms with Crippen LogP contribution in [-0.4, -0.2) is 60.3 Å². The molecule has 0 unspecified atom stereocenters. The van der Waals surface area contributed by atoms with E-state index in [0.29, 0.717) is 31.1 Å². The second-order valence-corrected chi connectivity index (χ2v) is 13.4. The van der Waals surface area contributed by atoms with Crippen LogP contribution in [-0.2, 0) is 21.9 Å². The Morgan fingerprint density at radius 3 is 2.17 bits per heavy atom. The van der Waals surface area contributed by atoms with Gasteiger partial charge in [-0.15, -0.1) is 0 Å². The number of para-hydroxylation sites is 1. The number of nitrogens with zero attached hydrogens (tertiary/aromatic N) is 4. The summed E-state index contributed by atoms with van der Waals surface area (Å²) in [5.74, 6) is 1.58. The van der Waals surface area contributed by atoms with Gasteiger partial charge in [0.25, 0.3) is 0 Å². The summed E-state index contributed by atoms with van der Waals surface area (Å²) in [4.78, 5) is 12.5. The molecule has 1 aliphatic heterocycles. The van der Waals surface area contributed by atoms with Gasteiger partial charge in [-0.3, -0.25) is 4.90 Å². The van der Waals surface area contributed by atoms with Gasteiger partial charge in [-0.1, -0.05) is 75.4 Å². The maximum Gasteiger partial charge on any atom is 0.243 e. The van der Waals surface area contributed by atoms with Crippen LogP contribution < -0.4 is 5.32 Å². The number of benzene rings is 3. The van der Waals surface area contributed by atoms with E-state index in [0.717, 1.165) is 41.1 Å². The van der Waals surface area contributed by atoms with Gasteiger partial charge in [0.15, 0.2) is 0 Å². The molecule has 5 rings (SSSR count). The fourth-order valence-electron chi connectivity index (χ4n) is 5.16. The first-order chi connectivity index (χ1) is 19.1. The zero-order valence-electron chi connectivity index (χ0n) is 23.8. The number of anilines is 1. The van der Waals surface area contributed by atoms with E-state index < -0.39 is 10.0 Å². The summed E-state index contributed by atoms with van der Waals surface area (Å²) >= 11 is 0. The fourth-order valence-corrected chi connectivity index (χ4v) is 6.58. The third-order valence-electron chi connectivity index (χ3n) is 7.72. The summed E-state index contributed by atoms with van der Waals surface area (Å²) in [5, 5.41) is 4.54. The Hall–Kier alpha value is -3.33. The molecule has 2 heterocycles. The molecule has 0 bridgehead atoms. The normalized spacial score (nSPS) is 16.2. The van der Waals surface area contributed by atoms with E-state index in [2.05, 4.69) is 62.2 Å². The third-order valence-corrected chi connectivity index (χ3v) is 9.64. The van der Waals surface area contributed by atoms with E-state index in [1.54, 1.807) is 16.4 Å². The molecule has 1 fully saturated rings. The molecule has 4 aromatic rings. The Balaban J connectivity index is 1.27. The van der Waals surface area contributed by atoms with Crippen LogP contribution in [0.25, 0.3) is 10.9 Å². The molecule has 0 amide bonds. The molecule has 7 nitrogen and oxygen atoms in total. The van der Waals surface area contributed by atoms with Crippen molar-refractivity contribution in [3.63, 3.8) is 0 Å². The smallest absolute Gasteiger partial charge is 0.243 e. The van der Waals surface area contributed by atoms with Crippen molar-refractivity contribution in [2.45, 2.75) is 50.5 Å². The Kier molecular flexibility index (Phi) is 8.21. The molecular formula is C32H39N5O2S. The van der Waals surface area contributed by atoms with Crippen molar-refractivity contribution in [1.82, 2.24) is 19.2 Å². The number of fused-ring (bicyclic) bond motifs is 1. The molecule has 3 aromatic carbocycles. The van der Waals surface area contributed by atoms with Crippen LogP contribution in [0.1, 0.15) is 50.7 Å². The van der Waals surface area contributed by atoms with E-state index in [4.69, 9.17) is 9.97 Å². The Morgan fingerprint density at radius 2 is 1.50 bits per heavy atom. The van der Waals surface area contributed by atoms with E-state index >= 15 is 0 Å².